The molecule has 0 radical (unpaired) electrons. The summed E-state index contributed by atoms with van der Waals surface area (Å²) in [6.07, 6.45) is -0.677. The Morgan fingerprint density at radius 3 is 2.83 bits per heavy atom. The second kappa shape index (κ2) is 6.23. The third-order valence-electron chi connectivity index (χ3n) is 4.05. The van der Waals surface area contributed by atoms with Gasteiger partial charge in [-0.25, -0.2) is 4.79 Å². The van der Waals surface area contributed by atoms with Gasteiger partial charge in [0.25, 0.3) is 0 Å². The highest BCUT2D eigenvalue weighted by Crippen LogP contribution is 2.39. The highest BCUT2D eigenvalue weighted by atomic mass is 16.7. The van der Waals surface area contributed by atoms with E-state index in [1.165, 1.54) is 13.2 Å². The van der Waals surface area contributed by atoms with Crippen molar-refractivity contribution in [1.29, 1.82) is 0 Å². The fraction of sp³-hybridized carbons (Fsp3) is 0.412. The minimum atomic E-state index is -1.69. The molecule has 0 N–H and O–H groups in total. The van der Waals surface area contributed by atoms with Gasteiger partial charge in [-0.05, 0) is 0 Å². The van der Waals surface area contributed by atoms with Crippen molar-refractivity contribution >= 4 is 11.8 Å². The number of Topliss-reactive ketones (excluding diaryl/α,β-unsaturated/α-hetero) is 1. The number of fused-ring (bicyclic) bond motifs is 1. The minimum Gasteiger partial charge on any atom is -0.467 e. The lowest BCUT2D eigenvalue weighted by Crippen LogP contribution is -2.47. The van der Waals surface area contributed by atoms with Gasteiger partial charge in [0, 0.05) is 12.0 Å². The molecule has 2 heterocycles. The van der Waals surface area contributed by atoms with E-state index in [2.05, 4.69) is 6.58 Å². The third kappa shape index (κ3) is 2.59. The number of carbonyl (C=O) groups is 2. The second-order valence-electron chi connectivity index (χ2n) is 5.46. The fourth-order valence-electron chi connectivity index (χ4n) is 2.94. The quantitative estimate of drug-likeness (QED) is 0.477. The summed E-state index contributed by atoms with van der Waals surface area (Å²) in [5.74, 6) is -1.19. The average Bonchev–Trinajstić information content (AvgIpc) is 2.88. The Balaban J connectivity index is 1.85. The Labute approximate surface area is 134 Å². The summed E-state index contributed by atoms with van der Waals surface area (Å²) < 4.78 is 21.8. The predicted molar refractivity (Wildman–Crippen MR) is 79.4 cm³/mol. The van der Waals surface area contributed by atoms with Crippen molar-refractivity contribution < 1.29 is 28.5 Å². The number of hydrogen-bond donors (Lipinski definition) is 0. The molecule has 0 aliphatic carbocycles. The molecular formula is C17H18O6. The summed E-state index contributed by atoms with van der Waals surface area (Å²) in [7, 11) is 1.22. The number of esters is 1. The number of rotatable bonds is 4. The zero-order valence-corrected chi connectivity index (χ0v) is 12.8. The molecule has 4 atom stereocenters. The number of hydrogen-bond acceptors (Lipinski definition) is 6. The average molecular weight is 318 g/mol. The second-order valence-corrected chi connectivity index (χ2v) is 5.46. The number of carbonyl (C=O) groups excluding carboxylic acids is 2. The molecule has 23 heavy (non-hydrogen) atoms. The van der Waals surface area contributed by atoms with Gasteiger partial charge >= 0.3 is 5.97 Å². The minimum absolute atomic E-state index is 0.0326. The van der Waals surface area contributed by atoms with Gasteiger partial charge in [-0.1, -0.05) is 36.4 Å². The summed E-state index contributed by atoms with van der Waals surface area (Å²) in [4.78, 5) is 24.9. The standard InChI is InChI=1S/C17H18O6/c1-3-9-17(16(19)20-2)14(18)13-12(23-17)10-21-15(22-13)11-7-5-4-6-8-11/h3-8,12-13,15H,1,9-10H2,2H3/t12-,13+,15+,17-/m1/s1. The van der Waals surface area contributed by atoms with Crippen molar-refractivity contribution in [3.05, 3.63) is 48.6 Å². The van der Waals surface area contributed by atoms with E-state index in [-0.39, 0.29) is 13.0 Å². The van der Waals surface area contributed by atoms with E-state index in [0.717, 1.165) is 5.56 Å². The molecule has 6 nitrogen and oxygen atoms in total. The van der Waals surface area contributed by atoms with Crippen LogP contribution in [0.25, 0.3) is 0 Å². The fourth-order valence-corrected chi connectivity index (χ4v) is 2.94. The maximum absolute atomic E-state index is 12.8. The van der Waals surface area contributed by atoms with Crippen molar-refractivity contribution in [2.45, 2.75) is 30.5 Å². The van der Waals surface area contributed by atoms with E-state index in [9.17, 15) is 9.59 Å². The third-order valence-corrected chi connectivity index (χ3v) is 4.05. The van der Waals surface area contributed by atoms with E-state index in [1.807, 2.05) is 30.3 Å². The first-order valence-corrected chi connectivity index (χ1v) is 7.36. The zero-order valence-electron chi connectivity index (χ0n) is 12.8. The van der Waals surface area contributed by atoms with Crippen LogP contribution in [-0.2, 0) is 28.5 Å². The summed E-state index contributed by atoms with van der Waals surface area (Å²) in [5, 5.41) is 0. The van der Waals surface area contributed by atoms with Gasteiger partial charge < -0.3 is 18.9 Å². The van der Waals surface area contributed by atoms with Gasteiger partial charge in [0.1, 0.15) is 6.10 Å². The van der Waals surface area contributed by atoms with Crippen molar-refractivity contribution in [2.24, 2.45) is 0 Å². The lowest BCUT2D eigenvalue weighted by Gasteiger charge is -2.30. The van der Waals surface area contributed by atoms with Crippen LogP contribution < -0.4 is 0 Å². The molecular weight excluding hydrogens is 300 g/mol. The summed E-state index contributed by atoms with van der Waals surface area (Å²) in [6.45, 7) is 3.75. The Bertz CT molecular complexity index is 613. The van der Waals surface area contributed by atoms with Crippen LogP contribution in [0.5, 0.6) is 0 Å². The normalized spacial score (nSPS) is 33.1. The van der Waals surface area contributed by atoms with E-state index >= 15 is 0 Å². The topological polar surface area (TPSA) is 71.1 Å². The number of benzene rings is 1. The molecule has 0 bridgehead atoms. The molecule has 3 rings (SSSR count). The molecule has 1 aromatic rings. The molecule has 2 aliphatic rings. The summed E-state index contributed by atoms with van der Waals surface area (Å²) in [5.41, 5.74) is -0.890. The van der Waals surface area contributed by atoms with E-state index in [1.54, 1.807) is 0 Å². The molecule has 0 saturated carbocycles. The smallest absolute Gasteiger partial charge is 0.346 e. The molecule has 0 aromatic heterocycles. The number of ketones is 1. The van der Waals surface area contributed by atoms with E-state index in [0.29, 0.717) is 0 Å². The first kappa shape index (κ1) is 15.9. The van der Waals surface area contributed by atoms with Gasteiger partial charge in [0.05, 0.1) is 13.7 Å². The molecule has 2 fully saturated rings. The van der Waals surface area contributed by atoms with Crippen LogP contribution in [0, 0.1) is 0 Å². The number of methoxy groups -OCH3 is 1. The zero-order chi connectivity index (χ0) is 16.4. The summed E-state index contributed by atoms with van der Waals surface area (Å²) >= 11 is 0. The van der Waals surface area contributed by atoms with Crippen molar-refractivity contribution in [2.75, 3.05) is 13.7 Å². The van der Waals surface area contributed by atoms with E-state index < -0.39 is 35.9 Å². The van der Waals surface area contributed by atoms with Crippen LogP contribution in [0.1, 0.15) is 18.3 Å². The van der Waals surface area contributed by atoms with Crippen molar-refractivity contribution in [1.82, 2.24) is 0 Å². The number of ether oxygens (including phenoxy) is 4. The van der Waals surface area contributed by atoms with Crippen LogP contribution in [-0.4, -0.2) is 43.3 Å². The van der Waals surface area contributed by atoms with Gasteiger partial charge in [-0.15, -0.1) is 6.58 Å². The largest absolute Gasteiger partial charge is 0.467 e. The molecule has 0 amide bonds. The maximum Gasteiger partial charge on any atom is 0.346 e. The molecule has 2 saturated heterocycles. The SMILES string of the molecule is C=CC[C@@]1(C(=O)OC)O[C@@H]2CO[C@H](c3ccccc3)O[C@@H]2C1=O. The van der Waals surface area contributed by atoms with Crippen molar-refractivity contribution in [3.63, 3.8) is 0 Å². The molecule has 1 aromatic carbocycles. The lowest BCUT2D eigenvalue weighted by molar-refractivity contribution is -0.245. The van der Waals surface area contributed by atoms with Crippen LogP contribution in [0.15, 0.2) is 43.0 Å². The molecule has 0 spiro atoms. The van der Waals surface area contributed by atoms with Crippen LogP contribution in [0.2, 0.25) is 0 Å². The molecule has 2 aliphatic heterocycles. The Morgan fingerprint density at radius 1 is 1.43 bits per heavy atom. The van der Waals surface area contributed by atoms with Gasteiger partial charge in [-0.2, -0.15) is 0 Å². The van der Waals surface area contributed by atoms with Crippen LogP contribution in [0.3, 0.4) is 0 Å². The van der Waals surface area contributed by atoms with Gasteiger partial charge in [-0.3, -0.25) is 4.79 Å². The summed E-state index contributed by atoms with van der Waals surface area (Å²) in [6, 6.07) is 9.30. The van der Waals surface area contributed by atoms with Crippen molar-refractivity contribution in [3.8, 4) is 0 Å². The Morgan fingerprint density at radius 2 is 2.17 bits per heavy atom. The monoisotopic (exact) mass is 318 g/mol. The van der Waals surface area contributed by atoms with Crippen LogP contribution >= 0.6 is 0 Å². The first-order valence-electron chi connectivity index (χ1n) is 7.36. The highest BCUT2D eigenvalue weighted by molar-refractivity contribution is 6.11. The van der Waals surface area contributed by atoms with Gasteiger partial charge in [0.2, 0.25) is 11.4 Å². The van der Waals surface area contributed by atoms with E-state index in [4.69, 9.17) is 18.9 Å². The lowest BCUT2D eigenvalue weighted by atomic mass is 9.92. The van der Waals surface area contributed by atoms with Gasteiger partial charge in [0.15, 0.2) is 12.4 Å². The molecule has 0 unspecified atom stereocenters. The predicted octanol–water partition coefficient (Wildman–Crippen LogP) is 1.56. The Kier molecular flexibility index (Phi) is 4.30. The Hall–Kier alpha value is -2.02. The molecule has 6 heteroatoms. The highest BCUT2D eigenvalue weighted by Gasteiger charge is 2.61. The first-order chi connectivity index (χ1) is 11.1. The molecule has 122 valence electrons. The maximum atomic E-state index is 12.8. The van der Waals surface area contributed by atoms with Crippen LogP contribution in [0.4, 0.5) is 0 Å².